The van der Waals surface area contributed by atoms with Crippen molar-refractivity contribution in [2.45, 2.75) is 26.3 Å². The average Bonchev–Trinajstić information content (AvgIpc) is 2.73. The molecule has 1 saturated heterocycles. The molecule has 4 amide bonds. The summed E-state index contributed by atoms with van der Waals surface area (Å²) in [5.41, 5.74) is -1.43. The number of urea groups is 1. The van der Waals surface area contributed by atoms with Crippen LogP contribution in [0.4, 0.5) is 9.18 Å². The fourth-order valence-electron chi connectivity index (χ4n) is 2.70. The van der Waals surface area contributed by atoms with Gasteiger partial charge in [0.2, 0.25) is 5.91 Å². The highest BCUT2D eigenvalue weighted by Crippen LogP contribution is 2.30. The van der Waals surface area contributed by atoms with Crippen molar-refractivity contribution < 1.29 is 18.8 Å². The number of benzene rings is 1. The molecule has 2 rings (SSSR count). The predicted octanol–water partition coefficient (Wildman–Crippen LogP) is 1.46. The Morgan fingerprint density at radius 2 is 1.87 bits per heavy atom. The van der Waals surface area contributed by atoms with Crippen LogP contribution >= 0.6 is 0 Å². The minimum absolute atomic E-state index is 0.0798. The molecule has 7 heteroatoms. The molecule has 23 heavy (non-hydrogen) atoms. The molecule has 6 nitrogen and oxygen atoms in total. The van der Waals surface area contributed by atoms with E-state index in [4.69, 9.17) is 0 Å². The van der Waals surface area contributed by atoms with E-state index in [1.54, 1.807) is 6.07 Å². The van der Waals surface area contributed by atoms with Gasteiger partial charge in [-0.2, -0.15) is 0 Å². The molecule has 1 N–H and O–H groups in total. The second-order valence-corrected chi connectivity index (χ2v) is 5.49. The first-order chi connectivity index (χ1) is 10.8. The van der Waals surface area contributed by atoms with Crippen molar-refractivity contribution in [1.82, 2.24) is 15.1 Å². The number of imide groups is 1. The highest BCUT2D eigenvalue weighted by atomic mass is 19.1. The highest BCUT2D eigenvalue weighted by molar-refractivity contribution is 6.09. The summed E-state index contributed by atoms with van der Waals surface area (Å²) in [6.45, 7) is 5.70. The Hall–Kier alpha value is -2.44. The molecule has 1 heterocycles. The maximum Gasteiger partial charge on any atom is 0.325 e. The first kappa shape index (κ1) is 16.9. The first-order valence-corrected chi connectivity index (χ1v) is 7.52. The van der Waals surface area contributed by atoms with Gasteiger partial charge in [-0.05, 0) is 26.8 Å². The number of likely N-dealkylation sites (N-methyl/N-ethyl adjacent to an activating group) is 1. The minimum Gasteiger partial charge on any atom is -0.342 e. The summed E-state index contributed by atoms with van der Waals surface area (Å²) in [6.07, 6.45) is 0. The zero-order valence-corrected chi connectivity index (χ0v) is 13.4. The molecule has 1 aliphatic heterocycles. The van der Waals surface area contributed by atoms with E-state index in [-0.39, 0.29) is 18.0 Å². The van der Waals surface area contributed by atoms with Crippen molar-refractivity contribution in [3.05, 3.63) is 35.6 Å². The van der Waals surface area contributed by atoms with E-state index in [0.717, 1.165) is 4.90 Å². The SMILES string of the molecule is CCN(CC)C(=O)CN1C(=O)NC(C)(c2ccccc2F)C1=O. The number of nitrogens with zero attached hydrogens (tertiary/aromatic N) is 2. The van der Waals surface area contributed by atoms with Gasteiger partial charge in [0.15, 0.2) is 0 Å². The van der Waals surface area contributed by atoms with E-state index < -0.39 is 23.3 Å². The summed E-state index contributed by atoms with van der Waals surface area (Å²) in [7, 11) is 0. The number of carbonyl (C=O) groups is 3. The zero-order valence-electron chi connectivity index (χ0n) is 13.4. The number of hydrogen-bond donors (Lipinski definition) is 1. The van der Waals surface area contributed by atoms with Gasteiger partial charge in [0.25, 0.3) is 5.91 Å². The quantitative estimate of drug-likeness (QED) is 0.835. The topological polar surface area (TPSA) is 69.7 Å². The fourth-order valence-corrected chi connectivity index (χ4v) is 2.70. The van der Waals surface area contributed by atoms with Crippen LogP contribution in [0.3, 0.4) is 0 Å². The van der Waals surface area contributed by atoms with E-state index >= 15 is 0 Å². The molecular weight excluding hydrogens is 301 g/mol. The first-order valence-electron chi connectivity index (χ1n) is 7.52. The van der Waals surface area contributed by atoms with Crippen molar-refractivity contribution >= 4 is 17.8 Å². The molecule has 0 aliphatic carbocycles. The van der Waals surface area contributed by atoms with Crippen LogP contribution in [0.2, 0.25) is 0 Å². The molecule has 1 aliphatic rings. The molecule has 0 saturated carbocycles. The van der Waals surface area contributed by atoms with Crippen LogP contribution in [0.1, 0.15) is 26.3 Å². The third kappa shape index (κ3) is 2.91. The highest BCUT2D eigenvalue weighted by Gasteiger charge is 2.50. The van der Waals surface area contributed by atoms with Crippen LogP contribution in [0.25, 0.3) is 0 Å². The zero-order chi connectivity index (χ0) is 17.2. The Morgan fingerprint density at radius 3 is 2.43 bits per heavy atom. The standard InChI is InChI=1S/C16H20FN3O3/c1-4-19(5-2)13(21)10-20-14(22)16(3,18-15(20)23)11-8-6-7-9-12(11)17/h6-9H,4-5,10H2,1-3H3,(H,18,23). The van der Waals surface area contributed by atoms with Crippen LogP contribution in [-0.2, 0) is 15.1 Å². The normalized spacial score (nSPS) is 20.6. The molecule has 1 aromatic carbocycles. The van der Waals surface area contributed by atoms with Gasteiger partial charge in [0.1, 0.15) is 17.9 Å². The van der Waals surface area contributed by atoms with Crippen molar-refractivity contribution in [3.63, 3.8) is 0 Å². The van der Waals surface area contributed by atoms with Gasteiger partial charge in [0, 0.05) is 18.7 Å². The van der Waals surface area contributed by atoms with Gasteiger partial charge in [-0.1, -0.05) is 18.2 Å². The lowest BCUT2D eigenvalue weighted by Gasteiger charge is -2.24. The molecule has 0 spiro atoms. The minimum atomic E-state index is -1.51. The molecule has 0 bridgehead atoms. The lowest BCUT2D eigenvalue weighted by Crippen LogP contribution is -2.44. The summed E-state index contributed by atoms with van der Waals surface area (Å²) >= 11 is 0. The van der Waals surface area contributed by atoms with Crippen LogP contribution in [0.5, 0.6) is 0 Å². The fraction of sp³-hybridized carbons (Fsp3) is 0.438. The molecule has 0 radical (unpaired) electrons. The molecule has 124 valence electrons. The van der Waals surface area contributed by atoms with E-state index in [1.807, 2.05) is 13.8 Å². The maximum atomic E-state index is 14.0. The number of carbonyl (C=O) groups excluding carboxylic acids is 3. The van der Waals surface area contributed by atoms with E-state index in [9.17, 15) is 18.8 Å². The van der Waals surface area contributed by atoms with Gasteiger partial charge in [-0.15, -0.1) is 0 Å². The monoisotopic (exact) mass is 321 g/mol. The van der Waals surface area contributed by atoms with Gasteiger partial charge in [0.05, 0.1) is 0 Å². The molecule has 1 unspecified atom stereocenters. The number of rotatable bonds is 5. The summed E-state index contributed by atoms with van der Waals surface area (Å²) in [5.74, 6) is -1.54. The largest absolute Gasteiger partial charge is 0.342 e. The van der Waals surface area contributed by atoms with Crippen molar-refractivity contribution in [2.24, 2.45) is 0 Å². The van der Waals surface area contributed by atoms with Crippen LogP contribution in [-0.4, -0.2) is 47.3 Å². The average molecular weight is 321 g/mol. The van der Waals surface area contributed by atoms with Crippen molar-refractivity contribution in [2.75, 3.05) is 19.6 Å². The number of hydrogen-bond acceptors (Lipinski definition) is 3. The number of halogens is 1. The molecule has 0 aromatic heterocycles. The van der Waals surface area contributed by atoms with Crippen molar-refractivity contribution in [1.29, 1.82) is 0 Å². The van der Waals surface area contributed by atoms with Gasteiger partial charge < -0.3 is 10.2 Å². The molecular formula is C16H20FN3O3. The summed E-state index contributed by atoms with van der Waals surface area (Å²) in [6, 6.07) is 5.08. The molecule has 1 atom stereocenters. The maximum absolute atomic E-state index is 14.0. The Bertz CT molecular complexity index is 645. The van der Waals surface area contributed by atoms with E-state index in [0.29, 0.717) is 13.1 Å². The van der Waals surface area contributed by atoms with Crippen LogP contribution in [0, 0.1) is 5.82 Å². The molecule has 1 aromatic rings. The Kier molecular flexibility index (Phi) is 4.68. The molecule has 1 fully saturated rings. The summed E-state index contributed by atoms with van der Waals surface area (Å²) in [5, 5.41) is 2.49. The lowest BCUT2D eigenvalue weighted by atomic mass is 9.91. The van der Waals surface area contributed by atoms with Crippen LogP contribution < -0.4 is 5.32 Å². The Labute approximate surface area is 134 Å². The van der Waals surface area contributed by atoms with Gasteiger partial charge in [-0.25, -0.2) is 9.18 Å². The Balaban J connectivity index is 2.27. The van der Waals surface area contributed by atoms with Gasteiger partial charge >= 0.3 is 6.03 Å². The second-order valence-electron chi connectivity index (χ2n) is 5.49. The number of nitrogens with one attached hydrogen (secondary N) is 1. The third-order valence-electron chi connectivity index (χ3n) is 4.10. The summed E-state index contributed by atoms with van der Waals surface area (Å²) in [4.78, 5) is 39.3. The van der Waals surface area contributed by atoms with Crippen LogP contribution in [0.15, 0.2) is 24.3 Å². The lowest BCUT2D eigenvalue weighted by molar-refractivity contribution is -0.138. The predicted molar refractivity (Wildman–Crippen MR) is 81.9 cm³/mol. The smallest absolute Gasteiger partial charge is 0.325 e. The third-order valence-corrected chi connectivity index (χ3v) is 4.10. The van der Waals surface area contributed by atoms with E-state index in [1.165, 1.54) is 30.0 Å². The van der Waals surface area contributed by atoms with E-state index in [2.05, 4.69) is 5.32 Å². The second kappa shape index (κ2) is 6.36. The van der Waals surface area contributed by atoms with Crippen molar-refractivity contribution in [3.8, 4) is 0 Å². The Morgan fingerprint density at radius 1 is 1.26 bits per heavy atom. The van der Waals surface area contributed by atoms with Gasteiger partial charge in [-0.3, -0.25) is 14.5 Å². The number of amides is 4. The summed E-state index contributed by atoms with van der Waals surface area (Å²) < 4.78 is 14.0.